The van der Waals surface area contributed by atoms with Gasteiger partial charge in [0.2, 0.25) is 5.91 Å². The molecule has 0 unspecified atom stereocenters. The molecule has 0 aliphatic rings. The van der Waals surface area contributed by atoms with E-state index in [1.807, 2.05) is 0 Å². The maximum absolute atomic E-state index is 13.3. The first kappa shape index (κ1) is 17.1. The number of furan rings is 1. The van der Waals surface area contributed by atoms with Crippen molar-refractivity contribution in [3.63, 3.8) is 0 Å². The van der Waals surface area contributed by atoms with Gasteiger partial charge in [-0.15, -0.1) is 11.3 Å². The molecule has 3 heterocycles. The molecule has 7 nitrogen and oxygen atoms in total. The fourth-order valence-corrected chi connectivity index (χ4v) is 3.59. The molecule has 0 saturated carbocycles. The van der Waals surface area contributed by atoms with Crippen molar-refractivity contribution < 1.29 is 13.6 Å². The molecule has 136 valence electrons. The zero-order chi connectivity index (χ0) is 19.0. The third kappa shape index (κ3) is 3.36. The van der Waals surface area contributed by atoms with Crippen molar-refractivity contribution >= 4 is 33.3 Å². The second-order valence-corrected chi connectivity index (χ2v) is 6.93. The van der Waals surface area contributed by atoms with Gasteiger partial charge >= 0.3 is 5.69 Å². The first-order valence-electron chi connectivity index (χ1n) is 7.98. The number of thiazole rings is 1. The van der Waals surface area contributed by atoms with Crippen LogP contribution >= 0.6 is 11.3 Å². The van der Waals surface area contributed by atoms with Crippen LogP contribution in [0.5, 0.6) is 0 Å². The molecule has 0 fully saturated rings. The molecular weight excluding hydrogens is 371 g/mol. The van der Waals surface area contributed by atoms with E-state index in [0.717, 1.165) is 5.01 Å². The summed E-state index contributed by atoms with van der Waals surface area (Å²) in [4.78, 5) is 33.9. The number of benzene rings is 1. The number of hydrogen-bond donors (Lipinski definition) is 1. The van der Waals surface area contributed by atoms with E-state index in [2.05, 4.69) is 15.3 Å². The smallest absolute Gasteiger partial charge is 0.349 e. The Labute approximate surface area is 156 Å². The molecule has 1 aromatic carbocycles. The molecule has 4 rings (SSSR count). The first-order valence-corrected chi connectivity index (χ1v) is 8.80. The van der Waals surface area contributed by atoms with Gasteiger partial charge in [0.15, 0.2) is 5.76 Å². The maximum Gasteiger partial charge on any atom is 0.349 e. The normalized spacial score (nSPS) is 11.0. The van der Waals surface area contributed by atoms with Crippen LogP contribution in [0.1, 0.15) is 5.01 Å². The SMILES string of the molecule is Cc1nc2c(-c3ccco3)nc(=O)n(CC(=O)Nc3cccc(F)c3)c2s1. The summed E-state index contributed by atoms with van der Waals surface area (Å²) in [5, 5.41) is 3.30. The Balaban J connectivity index is 1.72. The Morgan fingerprint density at radius 2 is 2.15 bits per heavy atom. The quantitative estimate of drug-likeness (QED) is 0.584. The van der Waals surface area contributed by atoms with E-state index in [1.54, 1.807) is 25.1 Å². The van der Waals surface area contributed by atoms with Crippen molar-refractivity contribution in [1.29, 1.82) is 0 Å². The van der Waals surface area contributed by atoms with Crippen LogP contribution in [0.2, 0.25) is 0 Å². The molecule has 0 radical (unpaired) electrons. The highest BCUT2D eigenvalue weighted by Crippen LogP contribution is 2.28. The van der Waals surface area contributed by atoms with Crippen molar-refractivity contribution in [2.24, 2.45) is 0 Å². The average molecular weight is 384 g/mol. The number of amides is 1. The number of halogens is 1. The van der Waals surface area contributed by atoms with Gasteiger partial charge < -0.3 is 9.73 Å². The number of carbonyl (C=O) groups is 1. The fourth-order valence-electron chi connectivity index (χ4n) is 2.68. The molecule has 4 aromatic rings. The van der Waals surface area contributed by atoms with Gasteiger partial charge in [-0.3, -0.25) is 9.36 Å². The Morgan fingerprint density at radius 1 is 1.30 bits per heavy atom. The van der Waals surface area contributed by atoms with Crippen LogP contribution in [0.15, 0.2) is 51.9 Å². The topological polar surface area (TPSA) is 90.0 Å². The molecule has 9 heteroatoms. The van der Waals surface area contributed by atoms with Crippen molar-refractivity contribution in [3.05, 3.63) is 64.0 Å². The van der Waals surface area contributed by atoms with E-state index < -0.39 is 17.4 Å². The Hall–Kier alpha value is -3.33. The zero-order valence-electron chi connectivity index (χ0n) is 14.1. The van der Waals surface area contributed by atoms with E-state index in [-0.39, 0.29) is 6.54 Å². The summed E-state index contributed by atoms with van der Waals surface area (Å²) in [5.41, 5.74) is 0.550. The van der Waals surface area contributed by atoms with Crippen LogP contribution < -0.4 is 11.0 Å². The number of aromatic nitrogens is 3. The summed E-state index contributed by atoms with van der Waals surface area (Å²) in [6, 6.07) is 8.92. The average Bonchev–Trinajstić information content (AvgIpc) is 3.26. The molecule has 1 amide bonds. The predicted octanol–water partition coefficient (Wildman–Crippen LogP) is 3.20. The highest BCUT2D eigenvalue weighted by atomic mass is 32.1. The van der Waals surface area contributed by atoms with Crippen molar-refractivity contribution in [2.45, 2.75) is 13.5 Å². The van der Waals surface area contributed by atoms with E-state index >= 15 is 0 Å². The second-order valence-electron chi connectivity index (χ2n) is 5.75. The lowest BCUT2D eigenvalue weighted by molar-refractivity contribution is -0.116. The molecule has 0 aliphatic carbocycles. The fraction of sp³-hybridized carbons (Fsp3) is 0.111. The van der Waals surface area contributed by atoms with Crippen LogP contribution in [0, 0.1) is 12.7 Å². The van der Waals surface area contributed by atoms with Crippen LogP contribution in [0.25, 0.3) is 21.8 Å². The third-order valence-electron chi connectivity index (χ3n) is 3.79. The highest BCUT2D eigenvalue weighted by molar-refractivity contribution is 7.18. The number of anilines is 1. The van der Waals surface area contributed by atoms with Crippen molar-refractivity contribution in [3.8, 4) is 11.5 Å². The van der Waals surface area contributed by atoms with Crippen molar-refractivity contribution in [2.75, 3.05) is 5.32 Å². The number of hydrogen-bond acceptors (Lipinski definition) is 6. The molecule has 0 saturated heterocycles. The van der Waals surface area contributed by atoms with Gasteiger partial charge in [-0.05, 0) is 37.3 Å². The van der Waals surface area contributed by atoms with Gasteiger partial charge in [0.25, 0.3) is 0 Å². The predicted molar refractivity (Wildman–Crippen MR) is 99.1 cm³/mol. The standard InChI is InChI=1S/C18H13FN4O3S/c1-10-20-16-15(13-6-3-7-26-13)22-18(25)23(17(16)27-10)9-14(24)21-12-5-2-4-11(19)8-12/h2-8H,9H2,1H3,(H,21,24). The second kappa shape index (κ2) is 6.76. The summed E-state index contributed by atoms with van der Waals surface area (Å²) in [7, 11) is 0. The lowest BCUT2D eigenvalue weighted by atomic mass is 10.3. The number of carbonyl (C=O) groups excluding carboxylic acids is 1. The summed E-state index contributed by atoms with van der Waals surface area (Å²) < 4.78 is 19.9. The molecule has 27 heavy (non-hydrogen) atoms. The molecule has 3 aromatic heterocycles. The number of nitrogens with one attached hydrogen (secondary N) is 1. The van der Waals surface area contributed by atoms with Gasteiger partial charge in [0.1, 0.15) is 28.4 Å². The summed E-state index contributed by atoms with van der Waals surface area (Å²) in [6.45, 7) is 1.54. The molecule has 1 N–H and O–H groups in total. The summed E-state index contributed by atoms with van der Waals surface area (Å²) >= 11 is 1.29. The third-order valence-corrected chi connectivity index (χ3v) is 4.78. The van der Waals surface area contributed by atoms with E-state index in [1.165, 1.54) is 40.4 Å². The van der Waals surface area contributed by atoms with Gasteiger partial charge in [-0.1, -0.05) is 6.07 Å². The number of nitrogens with zero attached hydrogens (tertiary/aromatic N) is 3. The Morgan fingerprint density at radius 3 is 2.89 bits per heavy atom. The highest BCUT2D eigenvalue weighted by Gasteiger charge is 2.19. The first-order chi connectivity index (χ1) is 13.0. The molecule has 0 atom stereocenters. The molecule has 0 spiro atoms. The monoisotopic (exact) mass is 384 g/mol. The largest absolute Gasteiger partial charge is 0.463 e. The van der Waals surface area contributed by atoms with Gasteiger partial charge in [-0.25, -0.2) is 14.2 Å². The van der Waals surface area contributed by atoms with Crippen LogP contribution in [-0.4, -0.2) is 20.4 Å². The van der Waals surface area contributed by atoms with Gasteiger partial charge in [0, 0.05) is 5.69 Å². The molecular formula is C18H13FN4O3S. The van der Waals surface area contributed by atoms with Gasteiger partial charge in [-0.2, -0.15) is 4.98 Å². The van der Waals surface area contributed by atoms with Crippen LogP contribution in [0.3, 0.4) is 0 Å². The minimum absolute atomic E-state index is 0.265. The van der Waals surface area contributed by atoms with Gasteiger partial charge in [0.05, 0.1) is 11.3 Å². The minimum Gasteiger partial charge on any atom is -0.463 e. The van der Waals surface area contributed by atoms with Crippen molar-refractivity contribution in [1.82, 2.24) is 14.5 Å². The Bertz CT molecular complexity index is 1200. The summed E-state index contributed by atoms with van der Waals surface area (Å²) in [6.07, 6.45) is 1.49. The lowest BCUT2D eigenvalue weighted by Crippen LogP contribution is -2.29. The summed E-state index contributed by atoms with van der Waals surface area (Å²) in [5.74, 6) is -0.503. The Kier molecular flexibility index (Phi) is 4.28. The molecule has 0 aliphatic heterocycles. The lowest BCUT2D eigenvalue weighted by Gasteiger charge is -2.09. The van der Waals surface area contributed by atoms with Crippen LogP contribution in [0.4, 0.5) is 10.1 Å². The van der Waals surface area contributed by atoms with E-state index in [9.17, 15) is 14.0 Å². The number of fused-ring (bicyclic) bond motifs is 1. The molecule has 0 bridgehead atoms. The number of rotatable bonds is 4. The maximum atomic E-state index is 13.3. The van der Waals surface area contributed by atoms with Crippen LogP contribution in [-0.2, 0) is 11.3 Å². The van der Waals surface area contributed by atoms with E-state index in [4.69, 9.17) is 4.42 Å². The zero-order valence-corrected chi connectivity index (χ0v) is 14.9. The number of aryl methyl sites for hydroxylation is 1. The minimum atomic E-state index is -0.591. The van der Waals surface area contributed by atoms with E-state index in [0.29, 0.717) is 27.5 Å².